The Balaban J connectivity index is 1.36. The monoisotopic (exact) mass is 435 g/mol. The van der Waals surface area contributed by atoms with Crippen LogP contribution in [-0.4, -0.2) is 47.0 Å². The number of ether oxygens (including phenoxy) is 2. The third kappa shape index (κ3) is 3.92. The molecule has 2 amide bonds. The van der Waals surface area contributed by atoms with Gasteiger partial charge >= 0.3 is 0 Å². The van der Waals surface area contributed by atoms with E-state index in [2.05, 4.69) is 30.2 Å². The predicted molar refractivity (Wildman–Crippen MR) is 120 cm³/mol. The summed E-state index contributed by atoms with van der Waals surface area (Å²) >= 11 is 0. The molecule has 5 rings (SSSR count). The molecule has 1 fully saturated rings. The summed E-state index contributed by atoms with van der Waals surface area (Å²) < 4.78 is 12.3. The minimum Gasteiger partial charge on any atom is -0.491 e. The van der Waals surface area contributed by atoms with E-state index in [9.17, 15) is 9.59 Å². The zero-order chi connectivity index (χ0) is 22.4. The molecule has 1 aromatic carbocycles. The van der Waals surface area contributed by atoms with Gasteiger partial charge in [-0.2, -0.15) is 0 Å². The Morgan fingerprint density at radius 1 is 1.25 bits per heavy atom. The van der Waals surface area contributed by atoms with E-state index in [0.29, 0.717) is 55.5 Å². The molecule has 1 aromatic heterocycles. The van der Waals surface area contributed by atoms with Gasteiger partial charge < -0.3 is 19.7 Å². The lowest BCUT2D eigenvalue weighted by molar-refractivity contribution is -0.116. The number of carbonyl (C=O) groups is 2. The molecule has 0 spiro atoms. The molecule has 0 saturated carbocycles. The van der Waals surface area contributed by atoms with Crippen molar-refractivity contribution in [1.29, 1.82) is 0 Å². The topological polar surface area (TPSA) is 80.8 Å². The number of aromatic nitrogens is 1. The van der Waals surface area contributed by atoms with Gasteiger partial charge in [0.05, 0.1) is 23.8 Å². The normalized spacial score (nSPS) is 21.9. The maximum atomic E-state index is 13.6. The van der Waals surface area contributed by atoms with Crippen LogP contribution >= 0.6 is 0 Å². The number of benzene rings is 1. The molecule has 7 heteroatoms. The Morgan fingerprint density at radius 3 is 2.91 bits per heavy atom. The van der Waals surface area contributed by atoms with Gasteiger partial charge in [0.25, 0.3) is 5.91 Å². The molecule has 3 aliphatic rings. The van der Waals surface area contributed by atoms with Crippen LogP contribution in [0.25, 0.3) is 0 Å². The lowest BCUT2D eigenvalue weighted by Gasteiger charge is -2.22. The van der Waals surface area contributed by atoms with Crippen LogP contribution in [0.2, 0.25) is 0 Å². The Kier molecular flexibility index (Phi) is 5.27. The SMILES string of the molecule is Cc1cc(CC(C)C)c2c(c1)OC[C@H]1C[C@H](Oc3cc4c(cn3)CCC(=O)N4)CN1C2=O. The molecule has 0 bridgehead atoms. The molecule has 0 aliphatic carbocycles. The average Bonchev–Trinajstić information content (AvgIpc) is 3.08. The Hall–Kier alpha value is -3.09. The third-order valence-electron chi connectivity index (χ3n) is 6.38. The van der Waals surface area contributed by atoms with Crippen molar-refractivity contribution in [2.75, 3.05) is 18.5 Å². The highest BCUT2D eigenvalue weighted by atomic mass is 16.5. The van der Waals surface area contributed by atoms with Gasteiger partial charge in [0.2, 0.25) is 11.8 Å². The van der Waals surface area contributed by atoms with Crippen LogP contribution in [0.3, 0.4) is 0 Å². The fraction of sp³-hybridized carbons (Fsp3) is 0.480. The number of carbonyl (C=O) groups excluding carboxylic acids is 2. The van der Waals surface area contributed by atoms with Crippen molar-refractivity contribution in [3.8, 4) is 11.6 Å². The van der Waals surface area contributed by atoms with E-state index < -0.39 is 0 Å². The van der Waals surface area contributed by atoms with Gasteiger partial charge in [0.1, 0.15) is 18.5 Å². The average molecular weight is 436 g/mol. The number of anilines is 1. The third-order valence-corrected chi connectivity index (χ3v) is 6.38. The number of nitrogens with zero attached hydrogens (tertiary/aromatic N) is 2. The summed E-state index contributed by atoms with van der Waals surface area (Å²) in [5.74, 6) is 1.65. The Labute approximate surface area is 188 Å². The molecule has 2 atom stereocenters. The Morgan fingerprint density at radius 2 is 2.09 bits per heavy atom. The standard InChI is InChI=1S/C25H29N3O4/c1-14(2)6-17-7-15(3)8-21-24(17)25(30)28-12-19(9-18(28)13-31-21)32-23-10-20-16(11-26-23)4-5-22(29)27-20/h7-8,10-11,14,18-19H,4-6,9,12-13H2,1-3H3,(H,27,29)/t18-,19+/m1/s1. The lowest BCUT2D eigenvalue weighted by atomic mass is 9.94. The van der Waals surface area contributed by atoms with Crippen LogP contribution in [0, 0.1) is 12.8 Å². The zero-order valence-electron chi connectivity index (χ0n) is 18.8. The van der Waals surface area contributed by atoms with Gasteiger partial charge in [0, 0.05) is 25.1 Å². The van der Waals surface area contributed by atoms with Gasteiger partial charge in [-0.15, -0.1) is 0 Å². The number of nitrogens with one attached hydrogen (secondary N) is 1. The van der Waals surface area contributed by atoms with E-state index in [1.807, 2.05) is 17.9 Å². The number of amides is 2. The van der Waals surface area contributed by atoms with E-state index >= 15 is 0 Å². The van der Waals surface area contributed by atoms with E-state index in [1.54, 1.807) is 12.3 Å². The maximum absolute atomic E-state index is 13.6. The molecule has 2 aromatic rings. The van der Waals surface area contributed by atoms with Gasteiger partial charge in [0.15, 0.2) is 0 Å². The number of hydrogen-bond acceptors (Lipinski definition) is 5. The molecule has 32 heavy (non-hydrogen) atoms. The summed E-state index contributed by atoms with van der Waals surface area (Å²) in [6.45, 7) is 7.31. The van der Waals surface area contributed by atoms with Crippen molar-refractivity contribution < 1.29 is 19.1 Å². The predicted octanol–water partition coefficient (Wildman–Crippen LogP) is 3.53. The summed E-state index contributed by atoms with van der Waals surface area (Å²) in [5.41, 5.74) is 4.64. The second-order valence-corrected chi connectivity index (χ2v) is 9.52. The van der Waals surface area contributed by atoms with Crippen LogP contribution < -0.4 is 14.8 Å². The first-order chi connectivity index (χ1) is 15.4. The number of aryl methyl sites for hydroxylation is 2. The van der Waals surface area contributed by atoms with Gasteiger partial charge in [-0.25, -0.2) is 4.98 Å². The number of pyridine rings is 1. The van der Waals surface area contributed by atoms with E-state index in [0.717, 1.165) is 28.8 Å². The van der Waals surface area contributed by atoms with E-state index in [-0.39, 0.29) is 24.0 Å². The summed E-state index contributed by atoms with van der Waals surface area (Å²) in [6.07, 6.45) is 4.29. The largest absolute Gasteiger partial charge is 0.491 e. The van der Waals surface area contributed by atoms with Crippen molar-refractivity contribution in [3.05, 3.63) is 46.6 Å². The molecule has 1 saturated heterocycles. The smallest absolute Gasteiger partial charge is 0.258 e. The lowest BCUT2D eigenvalue weighted by Crippen LogP contribution is -2.37. The first-order valence-corrected chi connectivity index (χ1v) is 11.4. The molecular formula is C25H29N3O4. The van der Waals surface area contributed by atoms with Gasteiger partial charge in [-0.1, -0.05) is 19.9 Å². The van der Waals surface area contributed by atoms with Crippen LogP contribution in [0.15, 0.2) is 24.4 Å². The first kappa shape index (κ1) is 20.8. The molecule has 168 valence electrons. The summed E-state index contributed by atoms with van der Waals surface area (Å²) in [4.78, 5) is 31.6. The second kappa shape index (κ2) is 8.11. The fourth-order valence-corrected chi connectivity index (χ4v) is 4.95. The minimum absolute atomic E-state index is 0.0118. The van der Waals surface area contributed by atoms with Crippen molar-refractivity contribution in [3.63, 3.8) is 0 Å². The molecule has 1 N–H and O–H groups in total. The number of hydrogen-bond donors (Lipinski definition) is 1. The molecule has 7 nitrogen and oxygen atoms in total. The highest BCUT2D eigenvalue weighted by molar-refractivity contribution is 5.99. The van der Waals surface area contributed by atoms with Crippen LogP contribution in [0.5, 0.6) is 11.6 Å². The molecule has 3 aliphatic heterocycles. The van der Waals surface area contributed by atoms with Crippen molar-refractivity contribution in [2.24, 2.45) is 5.92 Å². The highest BCUT2D eigenvalue weighted by Crippen LogP contribution is 2.35. The first-order valence-electron chi connectivity index (χ1n) is 11.4. The highest BCUT2D eigenvalue weighted by Gasteiger charge is 2.41. The minimum atomic E-state index is -0.169. The van der Waals surface area contributed by atoms with Crippen molar-refractivity contribution in [2.45, 2.75) is 58.6 Å². The van der Waals surface area contributed by atoms with Crippen LogP contribution in [0.4, 0.5) is 5.69 Å². The van der Waals surface area contributed by atoms with Crippen molar-refractivity contribution in [1.82, 2.24) is 9.88 Å². The summed E-state index contributed by atoms with van der Waals surface area (Å²) in [6, 6.07) is 5.82. The van der Waals surface area contributed by atoms with Crippen LogP contribution in [-0.2, 0) is 17.6 Å². The van der Waals surface area contributed by atoms with E-state index in [4.69, 9.17) is 9.47 Å². The van der Waals surface area contributed by atoms with Gasteiger partial charge in [-0.3, -0.25) is 9.59 Å². The van der Waals surface area contributed by atoms with Crippen LogP contribution in [0.1, 0.15) is 53.7 Å². The fourth-order valence-electron chi connectivity index (χ4n) is 4.95. The molecule has 4 heterocycles. The number of fused-ring (bicyclic) bond motifs is 3. The molecule has 0 radical (unpaired) electrons. The van der Waals surface area contributed by atoms with E-state index in [1.165, 1.54) is 0 Å². The number of rotatable bonds is 4. The summed E-state index contributed by atoms with van der Waals surface area (Å²) in [7, 11) is 0. The van der Waals surface area contributed by atoms with Gasteiger partial charge in [-0.05, 0) is 48.4 Å². The molecule has 0 unspecified atom stereocenters. The maximum Gasteiger partial charge on any atom is 0.258 e. The quantitative estimate of drug-likeness (QED) is 0.795. The second-order valence-electron chi connectivity index (χ2n) is 9.52. The summed E-state index contributed by atoms with van der Waals surface area (Å²) in [5, 5.41) is 2.88. The Bertz CT molecular complexity index is 1080. The van der Waals surface area contributed by atoms with Crippen molar-refractivity contribution >= 4 is 17.5 Å². The molecular weight excluding hydrogens is 406 g/mol. The zero-order valence-corrected chi connectivity index (χ0v) is 18.8.